The molecule has 2 N–H and O–H groups in total. The Bertz CT molecular complexity index is 511. The zero-order valence-corrected chi connectivity index (χ0v) is 10.8. The van der Waals surface area contributed by atoms with Gasteiger partial charge in [-0.25, -0.2) is 4.79 Å². The van der Waals surface area contributed by atoms with Crippen LogP contribution in [0.4, 0.5) is 16.2 Å². The lowest BCUT2D eigenvalue weighted by molar-refractivity contribution is 0.262. The van der Waals surface area contributed by atoms with Gasteiger partial charge in [0.25, 0.3) is 0 Å². The standard InChI is InChI=1S/C14H14N2OS/c1-18-13-9-7-12(8-10-13)16-14(17)15-11-5-3-2-4-6-11/h2-10H,1H3,(H2,15,16,17). The van der Waals surface area contributed by atoms with E-state index in [1.807, 2.05) is 60.9 Å². The zero-order chi connectivity index (χ0) is 12.8. The molecule has 0 radical (unpaired) electrons. The van der Waals surface area contributed by atoms with E-state index in [4.69, 9.17) is 0 Å². The summed E-state index contributed by atoms with van der Waals surface area (Å²) in [6.07, 6.45) is 2.02. The van der Waals surface area contributed by atoms with Crippen molar-refractivity contribution in [2.75, 3.05) is 16.9 Å². The Morgan fingerprint density at radius 1 is 0.889 bits per heavy atom. The van der Waals surface area contributed by atoms with Crippen LogP contribution in [0.25, 0.3) is 0 Å². The van der Waals surface area contributed by atoms with Crippen molar-refractivity contribution < 1.29 is 4.79 Å². The first-order valence-electron chi connectivity index (χ1n) is 5.55. The van der Waals surface area contributed by atoms with E-state index in [0.29, 0.717) is 0 Å². The molecule has 0 heterocycles. The number of thioether (sulfide) groups is 1. The van der Waals surface area contributed by atoms with E-state index in [1.165, 1.54) is 4.90 Å². The van der Waals surface area contributed by atoms with Crippen molar-refractivity contribution in [1.29, 1.82) is 0 Å². The lowest BCUT2D eigenvalue weighted by atomic mass is 10.3. The van der Waals surface area contributed by atoms with Gasteiger partial charge in [0.2, 0.25) is 0 Å². The molecule has 2 amide bonds. The largest absolute Gasteiger partial charge is 0.323 e. The molecule has 0 aromatic heterocycles. The van der Waals surface area contributed by atoms with Crippen molar-refractivity contribution in [2.45, 2.75) is 4.90 Å². The molecule has 0 atom stereocenters. The summed E-state index contributed by atoms with van der Waals surface area (Å²) < 4.78 is 0. The molecule has 92 valence electrons. The van der Waals surface area contributed by atoms with Gasteiger partial charge in [-0.2, -0.15) is 0 Å². The van der Waals surface area contributed by atoms with Crippen molar-refractivity contribution in [1.82, 2.24) is 0 Å². The second-order valence-electron chi connectivity index (χ2n) is 3.67. The molecule has 0 fully saturated rings. The van der Waals surface area contributed by atoms with Gasteiger partial charge in [0, 0.05) is 16.3 Å². The minimum Gasteiger partial charge on any atom is -0.308 e. The first kappa shape index (κ1) is 12.5. The van der Waals surface area contributed by atoms with Crippen LogP contribution in [-0.2, 0) is 0 Å². The van der Waals surface area contributed by atoms with Crippen LogP contribution in [0.5, 0.6) is 0 Å². The van der Waals surface area contributed by atoms with Gasteiger partial charge in [0.05, 0.1) is 0 Å². The summed E-state index contributed by atoms with van der Waals surface area (Å²) in [5, 5.41) is 5.55. The molecule has 0 spiro atoms. The molecule has 2 aromatic rings. The SMILES string of the molecule is CSc1ccc(NC(=O)Nc2ccccc2)cc1. The maximum Gasteiger partial charge on any atom is 0.323 e. The molecule has 3 nitrogen and oxygen atoms in total. The van der Waals surface area contributed by atoms with Crippen LogP contribution in [-0.4, -0.2) is 12.3 Å². The number of hydrogen-bond acceptors (Lipinski definition) is 2. The second kappa shape index (κ2) is 6.12. The number of urea groups is 1. The molecule has 0 aliphatic heterocycles. The molecule has 0 saturated heterocycles. The van der Waals surface area contributed by atoms with Gasteiger partial charge in [-0.05, 0) is 42.7 Å². The first-order valence-corrected chi connectivity index (χ1v) is 6.77. The molecule has 0 saturated carbocycles. The van der Waals surface area contributed by atoms with E-state index in [2.05, 4.69) is 10.6 Å². The highest BCUT2D eigenvalue weighted by Crippen LogP contribution is 2.17. The summed E-state index contributed by atoms with van der Waals surface area (Å²) in [5.74, 6) is 0. The normalized spacial score (nSPS) is 9.83. The van der Waals surface area contributed by atoms with Crippen LogP contribution in [0.3, 0.4) is 0 Å². The van der Waals surface area contributed by atoms with Crippen LogP contribution >= 0.6 is 11.8 Å². The number of para-hydroxylation sites is 1. The lowest BCUT2D eigenvalue weighted by Gasteiger charge is -2.07. The highest BCUT2D eigenvalue weighted by Gasteiger charge is 2.01. The fourth-order valence-electron chi connectivity index (χ4n) is 1.49. The highest BCUT2D eigenvalue weighted by molar-refractivity contribution is 7.98. The van der Waals surface area contributed by atoms with Crippen molar-refractivity contribution in [3.8, 4) is 0 Å². The maximum atomic E-state index is 11.7. The Morgan fingerprint density at radius 3 is 2.00 bits per heavy atom. The third-order valence-electron chi connectivity index (χ3n) is 2.38. The number of rotatable bonds is 3. The molecular weight excluding hydrogens is 244 g/mol. The van der Waals surface area contributed by atoms with Crippen molar-refractivity contribution in [2.24, 2.45) is 0 Å². The van der Waals surface area contributed by atoms with Crippen LogP contribution in [0.15, 0.2) is 59.5 Å². The molecule has 18 heavy (non-hydrogen) atoms. The number of amides is 2. The molecule has 0 aliphatic carbocycles. The minimum absolute atomic E-state index is 0.238. The molecule has 2 aromatic carbocycles. The second-order valence-corrected chi connectivity index (χ2v) is 4.55. The average Bonchev–Trinajstić information content (AvgIpc) is 2.40. The first-order chi connectivity index (χ1) is 8.78. The number of carbonyl (C=O) groups is 1. The Labute approximate surface area is 111 Å². The van der Waals surface area contributed by atoms with Crippen LogP contribution in [0, 0.1) is 0 Å². The summed E-state index contributed by atoms with van der Waals surface area (Å²) in [6, 6.07) is 16.8. The van der Waals surface area contributed by atoms with Gasteiger partial charge in [-0.15, -0.1) is 11.8 Å². The number of benzene rings is 2. The predicted molar refractivity (Wildman–Crippen MR) is 77.3 cm³/mol. The fraction of sp³-hybridized carbons (Fsp3) is 0.0714. The van der Waals surface area contributed by atoms with Gasteiger partial charge in [0.15, 0.2) is 0 Å². The summed E-state index contributed by atoms with van der Waals surface area (Å²) in [6.45, 7) is 0. The summed E-state index contributed by atoms with van der Waals surface area (Å²) in [7, 11) is 0. The van der Waals surface area contributed by atoms with E-state index in [1.54, 1.807) is 11.8 Å². The van der Waals surface area contributed by atoms with E-state index < -0.39 is 0 Å². The smallest absolute Gasteiger partial charge is 0.308 e. The van der Waals surface area contributed by atoms with E-state index in [-0.39, 0.29) is 6.03 Å². The third kappa shape index (κ3) is 3.53. The molecule has 2 rings (SSSR count). The van der Waals surface area contributed by atoms with Crippen LogP contribution in [0.2, 0.25) is 0 Å². The number of nitrogens with one attached hydrogen (secondary N) is 2. The van der Waals surface area contributed by atoms with E-state index in [0.717, 1.165) is 11.4 Å². The lowest BCUT2D eigenvalue weighted by Crippen LogP contribution is -2.19. The van der Waals surface area contributed by atoms with Gasteiger partial charge >= 0.3 is 6.03 Å². The van der Waals surface area contributed by atoms with Crippen molar-refractivity contribution >= 4 is 29.2 Å². The Morgan fingerprint density at radius 2 is 1.44 bits per heavy atom. The topological polar surface area (TPSA) is 41.1 Å². The predicted octanol–water partition coefficient (Wildman–Crippen LogP) is 4.05. The number of hydrogen-bond donors (Lipinski definition) is 2. The Balaban J connectivity index is 1.94. The number of anilines is 2. The minimum atomic E-state index is -0.238. The molecule has 4 heteroatoms. The zero-order valence-electron chi connectivity index (χ0n) is 10.0. The van der Waals surface area contributed by atoms with E-state index in [9.17, 15) is 4.79 Å². The molecule has 0 aliphatic rings. The Kier molecular flexibility index (Phi) is 4.25. The van der Waals surface area contributed by atoms with Gasteiger partial charge in [-0.1, -0.05) is 18.2 Å². The monoisotopic (exact) mass is 258 g/mol. The van der Waals surface area contributed by atoms with Gasteiger partial charge < -0.3 is 10.6 Å². The van der Waals surface area contributed by atoms with E-state index >= 15 is 0 Å². The highest BCUT2D eigenvalue weighted by atomic mass is 32.2. The molecular formula is C14H14N2OS. The van der Waals surface area contributed by atoms with Crippen molar-refractivity contribution in [3.63, 3.8) is 0 Å². The maximum absolute atomic E-state index is 11.7. The fourth-order valence-corrected chi connectivity index (χ4v) is 1.90. The average molecular weight is 258 g/mol. The van der Waals surface area contributed by atoms with Gasteiger partial charge in [-0.3, -0.25) is 0 Å². The summed E-state index contributed by atoms with van der Waals surface area (Å²) >= 11 is 1.67. The summed E-state index contributed by atoms with van der Waals surface area (Å²) in [5.41, 5.74) is 1.55. The number of carbonyl (C=O) groups excluding carboxylic acids is 1. The molecule has 0 bridgehead atoms. The Hall–Kier alpha value is -1.94. The van der Waals surface area contributed by atoms with Crippen LogP contribution < -0.4 is 10.6 Å². The third-order valence-corrected chi connectivity index (χ3v) is 3.12. The molecule has 0 unspecified atom stereocenters. The summed E-state index contributed by atoms with van der Waals surface area (Å²) in [4.78, 5) is 12.9. The van der Waals surface area contributed by atoms with Crippen LogP contribution in [0.1, 0.15) is 0 Å². The van der Waals surface area contributed by atoms with Crippen molar-refractivity contribution in [3.05, 3.63) is 54.6 Å². The van der Waals surface area contributed by atoms with Gasteiger partial charge in [0.1, 0.15) is 0 Å². The quantitative estimate of drug-likeness (QED) is 0.815.